The van der Waals surface area contributed by atoms with Crippen molar-refractivity contribution < 1.29 is 4.92 Å². The molecule has 9 heteroatoms. The van der Waals surface area contributed by atoms with Crippen molar-refractivity contribution in [2.24, 2.45) is 0 Å². The van der Waals surface area contributed by atoms with Crippen LogP contribution in [0.15, 0.2) is 24.5 Å². The van der Waals surface area contributed by atoms with E-state index < -0.39 is 4.92 Å². The number of hydrogen-bond donors (Lipinski definition) is 1. The highest BCUT2D eigenvalue weighted by molar-refractivity contribution is 6.35. The van der Waals surface area contributed by atoms with Gasteiger partial charge in [-0.1, -0.05) is 23.2 Å². The second kappa shape index (κ2) is 6.11. The maximum Gasteiger partial charge on any atom is 0.353 e. The summed E-state index contributed by atoms with van der Waals surface area (Å²) < 4.78 is 0. The molecule has 7 nitrogen and oxygen atoms in total. The smallest absolute Gasteiger partial charge is 0.353 e. The highest BCUT2D eigenvalue weighted by atomic mass is 35.5. The second-order valence-corrected chi connectivity index (χ2v) is 5.20. The molecule has 0 aliphatic heterocycles. The minimum absolute atomic E-state index is 0.0667. The van der Waals surface area contributed by atoms with Crippen LogP contribution in [0.4, 0.5) is 23.0 Å². The predicted octanol–water partition coefficient (Wildman–Crippen LogP) is 3.50. The molecule has 0 aliphatic carbocycles. The largest absolute Gasteiger partial charge is 0.357 e. The number of benzene rings is 1. The van der Waals surface area contributed by atoms with Gasteiger partial charge in [-0.15, -0.1) is 0 Å². The van der Waals surface area contributed by atoms with Crippen molar-refractivity contribution in [1.82, 2.24) is 9.97 Å². The molecular formula is C12H11Cl2N5O2. The topological polar surface area (TPSA) is 84.2 Å². The first-order chi connectivity index (χ1) is 9.88. The summed E-state index contributed by atoms with van der Waals surface area (Å²) in [5, 5.41) is 14.9. The van der Waals surface area contributed by atoms with Crippen LogP contribution in [0.5, 0.6) is 0 Å². The summed E-state index contributed by atoms with van der Waals surface area (Å²) >= 11 is 11.8. The lowest BCUT2D eigenvalue weighted by Crippen LogP contribution is -2.14. The number of nitrogens with zero attached hydrogens (tertiary/aromatic N) is 4. The third-order valence-electron chi connectivity index (χ3n) is 2.53. The Balaban J connectivity index is 2.49. The zero-order valence-electron chi connectivity index (χ0n) is 11.2. The van der Waals surface area contributed by atoms with Crippen molar-refractivity contribution in [2.75, 3.05) is 24.3 Å². The minimum Gasteiger partial charge on any atom is -0.357 e. The number of nitro groups is 1. The average molecular weight is 328 g/mol. The predicted molar refractivity (Wildman–Crippen MR) is 82.8 cm³/mol. The molecule has 0 saturated carbocycles. The summed E-state index contributed by atoms with van der Waals surface area (Å²) in [5.41, 5.74) is 0.276. The van der Waals surface area contributed by atoms with E-state index in [1.165, 1.54) is 11.2 Å². The summed E-state index contributed by atoms with van der Waals surface area (Å²) in [5.74, 6) is 0.266. The van der Waals surface area contributed by atoms with Crippen LogP contribution >= 0.6 is 23.2 Å². The number of hydrogen-bond acceptors (Lipinski definition) is 6. The molecule has 1 N–H and O–H groups in total. The molecular weight excluding hydrogens is 317 g/mol. The fourth-order valence-corrected chi connectivity index (χ4v) is 2.25. The van der Waals surface area contributed by atoms with Crippen molar-refractivity contribution in [3.05, 3.63) is 44.7 Å². The number of aromatic nitrogens is 2. The van der Waals surface area contributed by atoms with Crippen molar-refractivity contribution in [2.45, 2.75) is 0 Å². The third kappa shape index (κ3) is 3.50. The Kier molecular flexibility index (Phi) is 4.44. The quantitative estimate of drug-likeness (QED) is 0.683. The van der Waals surface area contributed by atoms with Gasteiger partial charge in [0.05, 0.1) is 4.92 Å². The lowest BCUT2D eigenvalue weighted by molar-refractivity contribution is -0.383. The van der Waals surface area contributed by atoms with Crippen LogP contribution in [-0.4, -0.2) is 29.0 Å². The Labute approximate surface area is 130 Å². The molecule has 0 saturated heterocycles. The van der Waals surface area contributed by atoms with E-state index in [-0.39, 0.29) is 17.3 Å². The van der Waals surface area contributed by atoms with Crippen LogP contribution in [0.3, 0.4) is 0 Å². The third-order valence-corrected chi connectivity index (χ3v) is 2.97. The summed E-state index contributed by atoms with van der Waals surface area (Å²) in [6, 6.07) is 4.75. The van der Waals surface area contributed by atoms with E-state index in [0.717, 1.165) is 0 Å². The molecule has 0 aliphatic rings. The van der Waals surface area contributed by atoms with Gasteiger partial charge in [-0.2, -0.15) is 0 Å². The van der Waals surface area contributed by atoms with E-state index in [9.17, 15) is 10.1 Å². The highest BCUT2D eigenvalue weighted by Crippen LogP contribution is 2.33. The van der Waals surface area contributed by atoms with Gasteiger partial charge in [-0.25, -0.2) is 9.97 Å². The van der Waals surface area contributed by atoms with Crippen LogP contribution in [0, 0.1) is 10.1 Å². The van der Waals surface area contributed by atoms with Gasteiger partial charge < -0.3 is 10.2 Å². The van der Waals surface area contributed by atoms with E-state index >= 15 is 0 Å². The lowest BCUT2D eigenvalue weighted by Gasteiger charge is -2.13. The van der Waals surface area contributed by atoms with E-state index in [1.807, 2.05) is 0 Å². The first kappa shape index (κ1) is 15.3. The Morgan fingerprint density at radius 1 is 1.19 bits per heavy atom. The monoisotopic (exact) mass is 327 g/mol. The van der Waals surface area contributed by atoms with Crippen molar-refractivity contribution in [3.63, 3.8) is 0 Å². The van der Waals surface area contributed by atoms with Gasteiger partial charge in [0.1, 0.15) is 6.33 Å². The van der Waals surface area contributed by atoms with E-state index in [0.29, 0.717) is 15.7 Å². The van der Waals surface area contributed by atoms with E-state index in [2.05, 4.69) is 15.3 Å². The lowest BCUT2D eigenvalue weighted by atomic mass is 10.3. The molecule has 21 heavy (non-hydrogen) atoms. The summed E-state index contributed by atoms with van der Waals surface area (Å²) in [6.45, 7) is 0. The van der Waals surface area contributed by atoms with Gasteiger partial charge >= 0.3 is 5.69 Å². The summed E-state index contributed by atoms with van der Waals surface area (Å²) in [6.07, 6.45) is 1.25. The number of rotatable bonds is 4. The fraction of sp³-hybridized carbons (Fsp3) is 0.167. The van der Waals surface area contributed by atoms with E-state index in [4.69, 9.17) is 23.2 Å². The first-order valence-electron chi connectivity index (χ1n) is 5.78. The van der Waals surface area contributed by atoms with Crippen LogP contribution in [0.1, 0.15) is 0 Å². The van der Waals surface area contributed by atoms with Crippen molar-refractivity contribution in [3.8, 4) is 0 Å². The zero-order valence-corrected chi connectivity index (χ0v) is 12.7. The molecule has 0 amide bonds. The maximum atomic E-state index is 11.3. The molecule has 0 spiro atoms. The number of halogens is 2. The molecule has 1 heterocycles. The molecule has 0 bridgehead atoms. The first-order valence-corrected chi connectivity index (χ1v) is 6.54. The molecule has 2 aromatic rings. The molecule has 0 fully saturated rings. The summed E-state index contributed by atoms with van der Waals surface area (Å²) in [7, 11) is 3.32. The summed E-state index contributed by atoms with van der Waals surface area (Å²) in [4.78, 5) is 20.1. The molecule has 0 atom stereocenters. The standard InChI is InChI=1S/C12H11Cl2N5O2/c1-18(2)12-10(19(20)21)11(15-6-16-12)17-9-4-7(13)3-8(14)5-9/h3-6H,1-2H3,(H,15,16,17). The second-order valence-electron chi connectivity index (χ2n) is 4.33. The SMILES string of the molecule is CN(C)c1ncnc(Nc2cc(Cl)cc(Cl)c2)c1[N+](=O)[O-]. The molecule has 1 aromatic heterocycles. The Morgan fingerprint density at radius 2 is 1.81 bits per heavy atom. The Hall–Kier alpha value is -2.12. The number of nitrogens with one attached hydrogen (secondary N) is 1. The van der Waals surface area contributed by atoms with Crippen LogP contribution in [0.2, 0.25) is 10.0 Å². The van der Waals surface area contributed by atoms with Gasteiger partial charge in [0.25, 0.3) is 0 Å². The Bertz CT molecular complexity index is 673. The molecule has 1 aromatic carbocycles. The van der Waals surface area contributed by atoms with Crippen LogP contribution in [0.25, 0.3) is 0 Å². The normalized spacial score (nSPS) is 10.3. The van der Waals surface area contributed by atoms with Gasteiger partial charge in [0, 0.05) is 29.8 Å². The van der Waals surface area contributed by atoms with Crippen LogP contribution < -0.4 is 10.2 Å². The van der Waals surface area contributed by atoms with Gasteiger partial charge in [-0.3, -0.25) is 10.1 Å². The van der Waals surface area contributed by atoms with Gasteiger partial charge in [-0.05, 0) is 18.2 Å². The molecule has 110 valence electrons. The Morgan fingerprint density at radius 3 is 2.33 bits per heavy atom. The van der Waals surface area contributed by atoms with Gasteiger partial charge in [0.15, 0.2) is 0 Å². The van der Waals surface area contributed by atoms with E-state index in [1.54, 1.807) is 32.3 Å². The molecule has 2 rings (SSSR count). The molecule has 0 radical (unpaired) electrons. The van der Waals surface area contributed by atoms with Crippen LogP contribution in [-0.2, 0) is 0 Å². The average Bonchev–Trinajstić information content (AvgIpc) is 2.36. The zero-order chi connectivity index (χ0) is 15.6. The van der Waals surface area contributed by atoms with Gasteiger partial charge in [0.2, 0.25) is 11.6 Å². The fourth-order valence-electron chi connectivity index (χ4n) is 1.72. The molecule has 0 unspecified atom stereocenters. The highest BCUT2D eigenvalue weighted by Gasteiger charge is 2.24. The maximum absolute atomic E-state index is 11.3. The van der Waals surface area contributed by atoms with Crippen molar-refractivity contribution >= 4 is 46.2 Å². The van der Waals surface area contributed by atoms with Crippen molar-refractivity contribution in [1.29, 1.82) is 0 Å². The minimum atomic E-state index is -0.538. The number of anilines is 3.